The zero-order valence-corrected chi connectivity index (χ0v) is 9.68. The van der Waals surface area contributed by atoms with E-state index in [9.17, 15) is 4.79 Å². The third kappa shape index (κ3) is 1.76. The molecule has 0 fully saturated rings. The first-order chi connectivity index (χ1) is 8.88. The van der Waals surface area contributed by atoms with Crippen LogP contribution < -0.4 is 5.32 Å². The Morgan fingerprint density at radius 2 is 1.78 bits per heavy atom. The Morgan fingerprint density at radius 3 is 2.61 bits per heavy atom. The maximum Gasteiger partial charge on any atom is 0.211 e. The fraction of sp³-hybridized carbons (Fsp3) is 0. The molecule has 3 nitrogen and oxygen atoms in total. The van der Waals surface area contributed by atoms with Gasteiger partial charge in [-0.2, -0.15) is 0 Å². The van der Waals surface area contributed by atoms with E-state index >= 15 is 0 Å². The summed E-state index contributed by atoms with van der Waals surface area (Å²) in [6.45, 7) is 0. The number of amides is 1. The number of hydrogen-bond acceptors (Lipinski definition) is 1. The highest BCUT2D eigenvalue weighted by Crippen LogP contribution is 2.29. The van der Waals surface area contributed by atoms with Gasteiger partial charge in [-0.1, -0.05) is 36.4 Å². The van der Waals surface area contributed by atoms with Crippen molar-refractivity contribution in [1.29, 1.82) is 0 Å². The molecule has 0 aliphatic rings. The molecule has 0 aliphatic carbocycles. The van der Waals surface area contributed by atoms with Crippen LogP contribution >= 0.6 is 0 Å². The van der Waals surface area contributed by atoms with Crippen LogP contribution in [0, 0.1) is 0 Å². The summed E-state index contributed by atoms with van der Waals surface area (Å²) in [6.07, 6.45) is 0.696. The highest BCUT2D eigenvalue weighted by Gasteiger charge is 2.06. The lowest BCUT2D eigenvalue weighted by Crippen LogP contribution is -1.95. The van der Waals surface area contributed by atoms with Crippen molar-refractivity contribution in [2.24, 2.45) is 0 Å². The minimum atomic E-state index is 0.696. The molecule has 2 aromatic carbocycles. The second-order valence-corrected chi connectivity index (χ2v) is 4.08. The van der Waals surface area contributed by atoms with Crippen LogP contribution in [0.25, 0.3) is 22.2 Å². The normalized spacial score (nSPS) is 10.4. The lowest BCUT2D eigenvalue weighted by molar-refractivity contribution is -0.105. The largest absolute Gasteiger partial charge is 0.354 e. The van der Waals surface area contributed by atoms with E-state index in [1.54, 1.807) is 0 Å². The average molecular weight is 236 g/mol. The average Bonchev–Trinajstić information content (AvgIpc) is 2.83. The Hall–Kier alpha value is -2.55. The van der Waals surface area contributed by atoms with Crippen LogP contribution in [0.1, 0.15) is 0 Å². The van der Waals surface area contributed by atoms with E-state index in [2.05, 4.69) is 22.4 Å². The zero-order chi connectivity index (χ0) is 12.4. The van der Waals surface area contributed by atoms with E-state index in [-0.39, 0.29) is 0 Å². The first-order valence-corrected chi connectivity index (χ1v) is 5.76. The van der Waals surface area contributed by atoms with Gasteiger partial charge in [0.25, 0.3) is 0 Å². The number of aromatic amines is 1. The lowest BCUT2D eigenvalue weighted by atomic mass is 10.1. The fourth-order valence-corrected chi connectivity index (χ4v) is 2.13. The summed E-state index contributed by atoms with van der Waals surface area (Å²) in [7, 11) is 0. The number of anilines is 1. The van der Waals surface area contributed by atoms with Crippen molar-refractivity contribution in [1.82, 2.24) is 4.98 Å². The summed E-state index contributed by atoms with van der Waals surface area (Å²) in [5, 5.41) is 3.88. The SMILES string of the molecule is O=CNc1ccccc1-c1cc2ccccc2[nH]1. The van der Waals surface area contributed by atoms with E-state index in [0.717, 1.165) is 27.8 Å². The molecule has 2 N–H and O–H groups in total. The van der Waals surface area contributed by atoms with Gasteiger partial charge in [0, 0.05) is 27.8 Å². The molecule has 0 bridgehead atoms. The molecular formula is C15H12N2O. The maximum atomic E-state index is 10.6. The summed E-state index contributed by atoms with van der Waals surface area (Å²) in [4.78, 5) is 14.0. The third-order valence-corrected chi connectivity index (χ3v) is 2.96. The highest BCUT2D eigenvalue weighted by atomic mass is 16.1. The van der Waals surface area contributed by atoms with Crippen molar-refractivity contribution in [3.63, 3.8) is 0 Å². The molecule has 0 atom stereocenters. The number of para-hydroxylation sites is 2. The van der Waals surface area contributed by atoms with Gasteiger partial charge in [0.05, 0.1) is 0 Å². The number of carbonyl (C=O) groups is 1. The minimum absolute atomic E-state index is 0.696. The van der Waals surface area contributed by atoms with Crippen molar-refractivity contribution in [3.05, 3.63) is 54.6 Å². The molecule has 18 heavy (non-hydrogen) atoms. The molecule has 3 heteroatoms. The van der Waals surface area contributed by atoms with Crippen LogP contribution in [0.2, 0.25) is 0 Å². The van der Waals surface area contributed by atoms with Gasteiger partial charge >= 0.3 is 0 Å². The Balaban J connectivity index is 2.16. The Morgan fingerprint density at radius 1 is 1.00 bits per heavy atom. The van der Waals surface area contributed by atoms with Crippen molar-refractivity contribution >= 4 is 23.0 Å². The van der Waals surface area contributed by atoms with Gasteiger partial charge in [0.1, 0.15) is 0 Å². The van der Waals surface area contributed by atoms with E-state index in [1.165, 1.54) is 0 Å². The lowest BCUT2D eigenvalue weighted by Gasteiger charge is -2.05. The molecule has 1 amide bonds. The van der Waals surface area contributed by atoms with Gasteiger partial charge < -0.3 is 10.3 Å². The number of hydrogen-bond donors (Lipinski definition) is 2. The standard InChI is InChI=1S/C15H12N2O/c18-10-16-14-8-4-2-6-12(14)15-9-11-5-1-3-7-13(11)17-15/h1-10,17H,(H,16,18). The van der Waals surface area contributed by atoms with Gasteiger partial charge in [0.15, 0.2) is 0 Å². The smallest absolute Gasteiger partial charge is 0.211 e. The number of benzene rings is 2. The van der Waals surface area contributed by atoms with Crippen molar-refractivity contribution < 1.29 is 4.79 Å². The molecule has 0 spiro atoms. The van der Waals surface area contributed by atoms with Crippen LogP contribution in [-0.2, 0) is 4.79 Å². The van der Waals surface area contributed by atoms with Gasteiger partial charge in [-0.05, 0) is 18.2 Å². The second kappa shape index (κ2) is 4.37. The van der Waals surface area contributed by atoms with Crippen molar-refractivity contribution in [2.75, 3.05) is 5.32 Å². The van der Waals surface area contributed by atoms with E-state index < -0.39 is 0 Å². The van der Waals surface area contributed by atoms with Gasteiger partial charge in [-0.15, -0.1) is 0 Å². The summed E-state index contributed by atoms with van der Waals surface area (Å²) in [5.74, 6) is 0. The van der Waals surface area contributed by atoms with Crippen LogP contribution in [0.15, 0.2) is 54.6 Å². The Bertz CT molecular complexity index is 667. The first-order valence-electron chi connectivity index (χ1n) is 5.76. The Kier molecular flexibility index (Phi) is 2.57. The molecular weight excluding hydrogens is 224 g/mol. The number of rotatable bonds is 3. The quantitative estimate of drug-likeness (QED) is 0.672. The number of fused-ring (bicyclic) bond motifs is 1. The molecule has 0 radical (unpaired) electrons. The molecule has 0 saturated carbocycles. The third-order valence-electron chi connectivity index (χ3n) is 2.96. The summed E-state index contributed by atoms with van der Waals surface area (Å²) in [5.41, 5.74) is 3.88. The molecule has 0 saturated heterocycles. The first kappa shape index (κ1) is 10.6. The van der Waals surface area contributed by atoms with Crippen LogP contribution in [0.5, 0.6) is 0 Å². The van der Waals surface area contributed by atoms with Crippen LogP contribution in [-0.4, -0.2) is 11.4 Å². The molecule has 0 unspecified atom stereocenters. The maximum absolute atomic E-state index is 10.6. The fourth-order valence-electron chi connectivity index (χ4n) is 2.13. The summed E-state index contributed by atoms with van der Waals surface area (Å²) >= 11 is 0. The van der Waals surface area contributed by atoms with Gasteiger partial charge in [0.2, 0.25) is 6.41 Å². The summed E-state index contributed by atoms with van der Waals surface area (Å²) in [6, 6.07) is 17.9. The second-order valence-electron chi connectivity index (χ2n) is 4.08. The van der Waals surface area contributed by atoms with Crippen molar-refractivity contribution in [2.45, 2.75) is 0 Å². The highest BCUT2D eigenvalue weighted by molar-refractivity contribution is 5.90. The zero-order valence-electron chi connectivity index (χ0n) is 9.68. The van der Waals surface area contributed by atoms with Crippen molar-refractivity contribution in [3.8, 4) is 11.3 Å². The number of nitrogens with one attached hydrogen (secondary N) is 2. The molecule has 1 aromatic heterocycles. The number of carbonyl (C=O) groups excluding carboxylic acids is 1. The van der Waals surface area contributed by atoms with Gasteiger partial charge in [-0.3, -0.25) is 4.79 Å². The number of H-pyrrole nitrogens is 1. The monoisotopic (exact) mass is 236 g/mol. The molecule has 88 valence electrons. The van der Waals surface area contributed by atoms with Gasteiger partial charge in [-0.25, -0.2) is 0 Å². The number of aromatic nitrogens is 1. The van der Waals surface area contributed by atoms with E-state index in [0.29, 0.717) is 6.41 Å². The van der Waals surface area contributed by atoms with E-state index in [4.69, 9.17) is 0 Å². The topological polar surface area (TPSA) is 44.9 Å². The minimum Gasteiger partial charge on any atom is -0.354 e. The predicted molar refractivity (Wildman–Crippen MR) is 73.4 cm³/mol. The Labute approximate surface area is 104 Å². The molecule has 3 rings (SSSR count). The molecule has 1 heterocycles. The predicted octanol–water partition coefficient (Wildman–Crippen LogP) is 3.40. The van der Waals surface area contributed by atoms with Crippen LogP contribution in [0.4, 0.5) is 5.69 Å². The molecule has 0 aliphatic heterocycles. The molecule has 3 aromatic rings. The van der Waals surface area contributed by atoms with E-state index in [1.807, 2.05) is 42.5 Å². The summed E-state index contributed by atoms with van der Waals surface area (Å²) < 4.78 is 0. The van der Waals surface area contributed by atoms with Crippen LogP contribution in [0.3, 0.4) is 0 Å².